The van der Waals surface area contributed by atoms with E-state index in [1.54, 1.807) is 12.1 Å². The smallest absolute Gasteiger partial charge is 0.335 e. The first kappa shape index (κ1) is 18.3. The molecule has 148 valence electrons. The quantitative estimate of drug-likeness (QED) is 0.840. The highest BCUT2D eigenvalue weighted by atomic mass is 19.3. The van der Waals surface area contributed by atoms with Gasteiger partial charge < -0.3 is 24.6 Å². The van der Waals surface area contributed by atoms with Crippen LogP contribution in [0.2, 0.25) is 0 Å². The molecule has 1 saturated heterocycles. The molecule has 4 rings (SSSR count). The molecule has 0 spiro atoms. The Hall–Kier alpha value is -3.10. The fraction of sp³-hybridized carbons (Fsp3) is 0.368. The minimum atomic E-state index is -2.87. The van der Waals surface area contributed by atoms with Crippen molar-refractivity contribution in [3.63, 3.8) is 0 Å². The summed E-state index contributed by atoms with van der Waals surface area (Å²) in [6.07, 6.45) is 0.0545. The van der Waals surface area contributed by atoms with E-state index in [0.717, 1.165) is 10.6 Å². The van der Waals surface area contributed by atoms with Gasteiger partial charge in [-0.15, -0.1) is 0 Å². The number of H-pyrrole nitrogens is 1. The molecule has 9 heteroatoms. The van der Waals surface area contributed by atoms with Gasteiger partial charge in [-0.3, -0.25) is 4.79 Å². The largest absolute Gasteiger partial charge is 0.488 e. The molecule has 0 saturated carbocycles. The van der Waals surface area contributed by atoms with E-state index in [-0.39, 0.29) is 24.1 Å². The van der Waals surface area contributed by atoms with Gasteiger partial charge in [-0.05, 0) is 30.7 Å². The molecule has 1 aromatic carbocycles. The van der Waals surface area contributed by atoms with Crippen molar-refractivity contribution in [2.45, 2.75) is 18.8 Å². The number of nitrogens with one attached hydrogen (secondary N) is 1. The second kappa shape index (κ2) is 6.81. The van der Waals surface area contributed by atoms with Crippen LogP contribution in [-0.4, -0.2) is 59.0 Å². The van der Waals surface area contributed by atoms with Crippen LogP contribution in [0.25, 0.3) is 0 Å². The fourth-order valence-electron chi connectivity index (χ4n) is 3.56. The van der Waals surface area contributed by atoms with E-state index in [1.165, 1.54) is 18.2 Å². The van der Waals surface area contributed by atoms with E-state index in [4.69, 9.17) is 9.84 Å². The molecule has 3 heterocycles. The topological polar surface area (TPSA) is 85.9 Å². The number of fused-ring (bicyclic) bond motifs is 1. The third-order valence-corrected chi connectivity index (χ3v) is 4.94. The lowest BCUT2D eigenvalue weighted by molar-refractivity contribution is -0.0561. The number of carbonyl (C=O) groups is 2. The minimum absolute atomic E-state index is 0.172. The first-order valence-corrected chi connectivity index (χ1v) is 8.98. The van der Waals surface area contributed by atoms with Gasteiger partial charge in [0.05, 0.1) is 18.7 Å². The monoisotopic (exact) mass is 391 g/mol. The Morgan fingerprint density at radius 3 is 2.61 bits per heavy atom. The lowest BCUT2D eigenvalue weighted by Gasteiger charge is -2.32. The van der Waals surface area contributed by atoms with Crippen LogP contribution in [0.1, 0.15) is 33.7 Å². The number of rotatable bonds is 3. The van der Waals surface area contributed by atoms with Crippen molar-refractivity contribution in [2.75, 3.05) is 31.1 Å². The normalized spacial score (nSPS) is 18.4. The number of hydrogen-bond acceptors (Lipinski definition) is 4. The Bertz CT molecular complexity index is 910. The van der Waals surface area contributed by atoms with E-state index in [1.807, 2.05) is 4.90 Å². The average Bonchev–Trinajstić information content (AvgIpc) is 3.11. The summed E-state index contributed by atoms with van der Waals surface area (Å²) >= 11 is 0. The van der Waals surface area contributed by atoms with Crippen LogP contribution in [0.4, 0.5) is 20.3 Å². The average molecular weight is 391 g/mol. The third kappa shape index (κ3) is 3.39. The van der Waals surface area contributed by atoms with E-state index >= 15 is 0 Å². The molecule has 2 N–H and O–H groups in total. The van der Waals surface area contributed by atoms with Gasteiger partial charge in [-0.1, -0.05) is 0 Å². The third-order valence-electron chi connectivity index (χ3n) is 4.94. The number of aromatic nitrogens is 1. The SMILES string of the molecule is O=C(O)c1ccc(N2CCOc3cc(C(=O)N4CCCC(F)(F)C4)[nH]c32)cc1. The highest BCUT2D eigenvalue weighted by Crippen LogP contribution is 2.37. The Morgan fingerprint density at radius 2 is 1.93 bits per heavy atom. The van der Waals surface area contributed by atoms with Crippen LogP contribution in [-0.2, 0) is 0 Å². The van der Waals surface area contributed by atoms with Crippen LogP contribution >= 0.6 is 0 Å². The number of carboxylic acid groups (broad SMARTS) is 1. The molecule has 0 aliphatic carbocycles. The van der Waals surface area contributed by atoms with Gasteiger partial charge in [-0.2, -0.15) is 0 Å². The molecule has 0 unspecified atom stereocenters. The Balaban J connectivity index is 1.59. The number of aromatic amines is 1. The molecule has 28 heavy (non-hydrogen) atoms. The number of likely N-dealkylation sites (tertiary alicyclic amines) is 1. The van der Waals surface area contributed by atoms with Crippen LogP contribution < -0.4 is 9.64 Å². The highest BCUT2D eigenvalue weighted by molar-refractivity contribution is 5.95. The van der Waals surface area contributed by atoms with Crippen LogP contribution in [0, 0.1) is 0 Å². The minimum Gasteiger partial charge on any atom is -0.488 e. The number of benzene rings is 1. The summed E-state index contributed by atoms with van der Waals surface area (Å²) in [6.45, 7) is 0.576. The molecule has 2 aromatic rings. The van der Waals surface area contributed by atoms with Gasteiger partial charge in [0, 0.05) is 24.7 Å². The highest BCUT2D eigenvalue weighted by Gasteiger charge is 2.38. The van der Waals surface area contributed by atoms with Gasteiger partial charge in [-0.25, -0.2) is 13.6 Å². The van der Waals surface area contributed by atoms with E-state index in [0.29, 0.717) is 31.3 Å². The molecular formula is C19H19F2N3O4. The molecule has 1 fully saturated rings. The zero-order chi connectivity index (χ0) is 19.9. The number of halogens is 2. The summed E-state index contributed by atoms with van der Waals surface area (Å²) < 4.78 is 32.9. The first-order chi connectivity index (χ1) is 13.3. The second-order valence-electron chi connectivity index (χ2n) is 6.93. The van der Waals surface area contributed by atoms with Crippen molar-refractivity contribution in [2.24, 2.45) is 0 Å². The van der Waals surface area contributed by atoms with Crippen molar-refractivity contribution in [1.29, 1.82) is 0 Å². The van der Waals surface area contributed by atoms with Gasteiger partial charge in [0.15, 0.2) is 11.6 Å². The number of hydrogen-bond donors (Lipinski definition) is 2. The lowest BCUT2D eigenvalue weighted by Crippen LogP contribution is -2.45. The van der Waals surface area contributed by atoms with Gasteiger partial charge in [0.2, 0.25) is 0 Å². The molecule has 7 nitrogen and oxygen atoms in total. The molecule has 2 aliphatic heterocycles. The number of piperidine rings is 1. The molecule has 0 radical (unpaired) electrons. The Kier molecular flexibility index (Phi) is 4.44. The predicted octanol–water partition coefficient (Wildman–Crippen LogP) is 3.11. The Labute approximate surface area is 159 Å². The summed E-state index contributed by atoms with van der Waals surface area (Å²) in [6, 6.07) is 7.87. The molecular weight excluding hydrogens is 372 g/mol. The Morgan fingerprint density at radius 1 is 1.18 bits per heavy atom. The molecule has 0 bridgehead atoms. The van der Waals surface area contributed by atoms with Crippen LogP contribution in [0.3, 0.4) is 0 Å². The number of aromatic carboxylic acids is 1. The lowest BCUT2D eigenvalue weighted by atomic mass is 10.1. The van der Waals surface area contributed by atoms with Gasteiger partial charge in [0.25, 0.3) is 11.8 Å². The maximum absolute atomic E-state index is 13.7. The standard InChI is InChI=1S/C19H19F2N3O4/c20-19(21)6-1-7-23(11-19)17(25)14-10-15-16(22-14)24(8-9-28-15)13-4-2-12(3-5-13)18(26)27/h2-5,10,22H,1,6-9,11H2,(H,26,27). The molecule has 1 amide bonds. The first-order valence-electron chi connectivity index (χ1n) is 8.98. The number of carboxylic acids is 1. The van der Waals surface area contributed by atoms with Gasteiger partial charge in [0.1, 0.15) is 12.3 Å². The summed E-state index contributed by atoms with van der Waals surface area (Å²) in [5.74, 6) is -3.37. The van der Waals surface area contributed by atoms with E-state index < -0.39 is 24.3 Å². The summed E-state index contributed by atoms with van der Waals surface area (Å²) in [4.78, 5) is 29.7. The van der Waals surface area contributed by atoms with E-state index in [2.05, 4.69) is 4.98 Å². The number of amides is 1. The summed E-state index contributed by atoms with van der Waals surface area (Å²) in [5.41, 5.74) is 1.10. The number of carbonyl (C=O) groups excluding carboxylic acids is 1. The summed E-state index contributed by atoms with van der Waals surface area (Å²) in [7, 11) is 0. The summed E-state index contributed by atoms with van der Waals surface area (Å²) in [5, 5.41) is 9.03. The van der Waals surface area contributed by atoms with Crippen molar-refractivity contribution in [1.82, 2.24) is 9.88 Å². The number of ether oxygens (including phenoxy) is 1. The number of nitrogens with zero attached hydrogens (tertiary/aromatic N) is 2. The molecule has 2 aliphatic rings. The van der Waals surface area contributed by atoms with Crippen molar-refractivity contribution in [3.8, 4) is 5.75 Å². The van der Waals surface area contributed by atoms with Crippen molar-refractivity contribution < 1.29 is 28.2 Å². The fourth-order valence-corrected chi connectivity index (χ4v) is 3.56. The predicted molar refractivity (Wildman–Crippen MR) is 96.8 cm³/mol. The number of alkyl halides is 2. The van der Waals surface area contributed by atoms with Crippen LogP contribution in [0.5, 0.6) is 5.75 Å². The molecule has 0 atom stereocenters. The zero-order valence-corrected chi connectivity index (χ0v) is 15.0. The second-order valence-corrected chi connectivity index (χ2v) is 6.93. The van der Waals surface area contributed by atoms with Crippen molar-refractivity contribution in [3.05, 3.63) is 41.6 Å². The zero-order valence-electron chi connectivity index (χ0n) is 15.0. The van der Waals surface area contributed by atoms with Crippen LogP contribution in [0.15, 0.2) is 30.3 Å². The molecule has 1 aromatic heterocycles. The maximum Gasteiger partial charge on any atom is 0.335 e. The van der Waals surface area contributed by atoms with Crippen molar-refractivity contribution >= 4 is 23.4 Å². The van der Waals surface area contributed by atoms with Gasteiger partial charge >= 0.3 is 5.97 Å². The number of anilines is 2. The maximum atomic E-state index is 13.7. The van der Waals surface area contributed by atoms with E-state index in [9.17, 15) is 18.4 Å².